The summed E-state index contributed by atoms with van der Waals surface area (Å²) in [6.45, 7) is 4.38. The van der Waals surface area contributed by atoms with Crippen LogP contribution in [0.1, 0.15) is 63.9 Å². The second kappa shape index (κ2) is 12.6. The summed E-state index contributed by atoms with van der Waals surface area (Å²) >= 11 is 0. The van der Waals surface area contributed by atoms with Crippen LogP contribution in [0.2, 0.25) is 0 Å². The number of aliphatic hydroxyl groups excluding tert-OH is 1. The number of benzene rings is 2. The summed E-state index contributed by atoms with van der Waals surface area (Å²) in [4.78, 5) is 31.2. The topological polar surface area (TPSA) is 101 Å². The molecule has 0 amide bonds. The van der Waals surface area contributed by atoms with E-state index in [9.17, 15) is 14.3 Å². The highest BCUT2D eigenvalue weighted by atomic mass is 19.1. The SMILES string of the molecule is CCc1c(F)ccc2cc(OC(=O)C3CCC3)cc(-c3ncc4c(N5C[C@@H]6C[C@H](C5)[C@H](O)C6)nc(OC[C@@]56CCCN5C[C@H](F)C6)nc4c3F)c12. The molecule has 2 aliphatic carbocycles. The van der Waals surface area contributed by atoms with Crippen LogP contribution < -0.4 is 14.4 Å². The number of hydrogen-bond donors (Lipinski definition) is 1. The first-order valence-corrected chi connectivity index (χ1v) is 18.5. The predicted molar refractivity (Wildman–Crippen MR) is 186 cm³/mol. The van der Waals surface area contributed by atoms with Gasteiger partial charge in [-0.15, -0.1) is 0 Å². The number of carbonyl (C=O) groups is 1. The number of aliphatic hydroxyl groups is 1. The van der Waals surface area contributed by atoms with Crippen molar-refractivity contribution >= 4 is 33.5 Å². The molecule has 0 spiro atoms. The highest BCUT2D eigenvalue weighted by Gasteiger charge is 2.49. The normalized spacial score (nSPS) is 27.7. The Morgan fingerprint density at radius 1 is 1.10 bits per heavy atom. The summed E-state index contributed by atoms with van der Waals surface area (Å²) in [5.74, 6) is -0.608. The van der Waals surface area contributed by atoms with Crippen LogP contribution >= 0.6 is 0 Å². The summed E-state index contributed by atoms with van der Waals surface area (Å²) < 4.78 is 59.2. The number of piperidine rings is 1. The Kier molecular flexibility index (Phi) is 8.10. The number of ether oxygens (including phenoxy) is 2. The molecule has 5 aliphatic rings. The third-order valence-electron chi connectivity index (χ3n) is 12.3. The molecule has 1 N–H and O–H groups in total. The van der Waals surface area contributed by atoms with E-state index < -0.39 is 29.4 Å². The quantitative estimate of drug-likeness (QED) is 0.162. The van der Waals surface area contributed by atoms with Crippen molar-refractivity contribution in [3.05, 3.63) is 47.7 Å². The Hall–Kier alpha value is -4.03. The van der Waals surface area contributed by atoms with Gasteiger partial charge in [-0.2, -0.15) is 9.97 Å². The third kappa shape index (κ3) is 5.60. The van der Waals surface area contributed by atoms with Gasteiger partial charge in [-0.05, 0) is 91.9 Å². The maximum Gasteiger partial charge on any atom is 0.319 e. The Morgan fingerprint density at radius 3 is 2.75 bits per heavy atom. The first kappa shape index (κ1) is 32.8. The number of pyridine rings is 1. The van der Waals surface area contributed by atoms with E-state index >= 15 is 8.78 Å². The molecule has 2 aromatic carbocycles. The first-order chi connectivity index (χ1) is 24.7. The van der Waals surface area contributed by atoms with Crippen molar-refractivity contribution in [1.82, 2.24) is 19.9 Å². The van der Waals surface area contributed by atoms with E-state index in [-0.39, 0.29) is 53.3 Å². The van der Waals surface area contributed by atoms with Crippen molar-refractivity contribution in [2.24, 2.45) is 17.8 Å². The van der Waals surface area contributed by atoms with Gasteiger partial charge < -0.3 is 19.5 Å². The van der Waals surface area contributed by atoms with E-state index in [4.69, 9.17) is 14.5 Å². The largest absolute Gasteiger partial charge is 0.461 e. The number of esters is 1. The third-order valence-corrected chi connectivity index (χ3v) is 12.3. The van der Waals surface area contributed by atoms with Crippen LogP contribution in [0, 0.1) is 29.4 Å². The molecule has 4 aromatic rings. The van der Waals surface area contributed by atoms with E-state index in [0.717, 1.165) is 45.1 Å². The molecular formula is C39H42F3N5O4. The minimum atomic E-state index is -0.931. The molecule has 2 saturated carbocycles. The smallest absolute Gasteiger partial charge is 0.319 e. The monoisotopic (exact) mass is 701 g/mol. The number of hydrogen-bond acceptors (Lipinski definition) is 9. The number of anilines is 1. The van der Waals surface area contributed by atoms with Gasteiger partial charge in [-0.1, -0.05) is 19.4 Å². The Bertz CT molecular complexity index is 2040. The molecule has 5 atom stereocenters. The van der Waals surface area contributed by atoms with Crippen LogP contribution in [0.25, 0.3) is 32.9 Å². The van der Waals surface area contributed by atoms with Crippen molar-refractivity contribution in [3.63, 3.8) is 0 Å². The summed E-state index contributed by atoms with van der Waals surface area (Å²) in [6.07, 6.45) is 6.82. The van der Waals surface area contributed by atoms with Gasteiger partial charge in [0, 0.05) is 43.7 Å². The second-order valence-corrected chi connectivity index (χ2v) is 15.4. The minimum absolute atomic E-state index is 0.00601. The van der Waals surface area contributed by atoms with Crippen molar-refractivity contribution in [1.29, 1.82) is 0 Å². The van der Waals surface area contributed by atoms with Crippen LogP contribution in [-0.2, 0) is 11.2 Å². The lowest BCUT2D eigenvalue weighted by Crippen LogP contribution is -2.43. The van der Waals surface area contributed by atoms with Crippen LogP contribution in [0.3, 0.4) is 0 Å². The fourth-order valence-corrected chi connectivity index (χ4v) is 9.49. The Labute approximate surface area is 294 Å². The molecular weight excluding hydrogens is 659 g/mol. The number of halogens is 3. The summed E-state index contributed by atoms with van der Waals surface area (Å²) in [7, 11) is 0. The Morgan fingerprint density at radius 2 is 1.96 bits per heavy atom. The molecule has 2 bridgehead atoms. The number of carbonyl (C=O) groups excluding carboxylic acids is 1. The summed E-state index contributed by atoms with van der Waals surface area (Å²) in [5, 5.41) is 12.2. The van der Waals surface area contributed by atoms with E-state index in [1.165, 1.54) is 6.07 Å². The lowest BCUT2D eigenvalue weighted by Gasteiger charge is -2.34. The number of aromatic nitrogens is 3. The molecule has 0 unspecified atom stereocenters. The van der Waals surface area contributed by atoms with Crippen molar-refractivity contribution in [2.75, 3.05) is 37.7 Å². The average molecular weight is 702 g/mol. The highest BCUT2D eigenvalue weighted by molar-refractivity contribution is 6.02. The second-order valence-electron chi connectivity index (χ2n) is 15.4. The standard InChI is InChI=1S/C39H42F3N5O4/c1-2-27-30(41)8-7-23-13-26(51-37(49)22-5-3-6-22)14-28(32(23)27)34-33(42)35-29(16-43-34)36(46-17-21-11-24(18-46)31(48)12-21)45-38(44-35)50-20-39-9-4-10-47(39)19-25(40)15-39/h7-8,13-14,16,21-22,24-25,31,48H,2-6,9-12,15,17-20H2,1H3/t21-,24-,25-,31-,39+/m1/s1. The van der Waals surface area contributed by atoms with Crippen LogP contribution in [-0.4, -0.2) is 81.5 Å². The first-order valence-electron chi connectivity index (χ1n) is 18.5. The lowest BCUT2D eigenvalue weighted by atomic mass is 9.86. The molecule has 0 radical (unpaired) electrons. The highest BCUT2D eigenvalue weighted by Crippen LogP contribution is 2.44. The molecule has 5 fully saturated rings. The van der Waals surface area contributed by atoms with Gasteiger partial charge in [0.2, 0.25) is 0 Å². The fourth-order valence-electron chi connectivity index (χ4n) is 9.49. The van der Waals surface area contributed by atoms with Crippen molar-refractivity contribution in [3.8, 4) is 23.0 Å². The molecule has 51 heavy (non-hydrogen) atoms. The molecule has 3 aliphatic heterocycles. The van der Waals surface area contributed by atoms with Gasteiger partial charge in [-0.3, -0.25) is 14.7 Å². The number of rotatable bonds is 8. The molecule has 5 heterocycles. The average Bonchev–Trinajstić information content (AvgIpc) is 3.70. The van der Waals surface area contributed by atoms with Crippen molar-refractivity contribution < 1.29 is 32.5 Å². The van der Waals surface area contributed by atoms with Gasteiger partial charge in [-0.25, -0.2) is 13.2 Å². The fraction of sp³-hybridized carbons (Fsp3) is 0.538. The lowest BCUT2D eigenvalue weighted by molar-refractivity contribution is -0.141. The molecule has 9 rings (SSSR count). The van der Waals surface area contributed by atoms with Crippen LogP contribution in [0.4, 0.5) is 19.0 Å². The van der Waals surface area contributed by atoms with Gasteiger partial charge in [0.25, 0.3) is 0 Å². The van der Waals surface area contributed by atoms with E-state index in [1.807, 2.05) is 6.92 Å². The van der Waals surface area contributed by atoms with Gasteiger partial charge >= 0.3 is 12.0 Å². The zero-order valence-corrected chi connectivity index (χ0v) is 28.7. The molecule has 3 saturated heterocycles. The number of alkyl halides is 1. The van der Waals surface area contributed by atoms with Crippen LogP contribution in [0.5, 0.6) is 11.8 Å². The minimum Gasteiger partial charge on any atom is -0.461 e. The molecule has 2 aromatic heterocycles. The zero-order valence-electron chi connectivity index (χ0n) is 28.7. The van der Waals surface area contributed by atoms with E-state index in [1.54, 1.807) is 24.4 Å². The predicted octanol–water partition coefficient (Wildman–Crippen LogP) is 6.55. The molecule has 268 valence electrons. The molecule has 9 nitrogen and oxygen atoms in total. The summed E-state index contributed by atoms with van der Waals surface area (Å²) in [6, 6.07) is 6.23. The maximum atomic E-state index is 17.2. The van der Waals surface area contributed by atoms with Crippen LogP contribution in [0.15, 0.2) is 30.5 Å². The zero-order chi connectivity index (χ0) is 35.0. The number of aryl methyl sites for hydroxylation is 1. The van der Waals surface area contributed by atoms with Gasteiger partial charge in [0.15, 0.2) is 5.82 Å². The maximum absolute atomic E-state index is 17.2. The van der Waals surface area contributed by atoms with Crippen molar-refractivity contribution in [2.45, 2.75) is 82.5 Å². The van der Waals surface area contributed by atoms with E-state index in [2.05, 4.69) is 19.8 Å². The Balaban J connectivity index is 1.18. The van der Waals surface area contributed by atoms with E-state index in [0.29, 0.717) is 72.0 Å². The van der Waals surface area contributed by atoms with Gasteiger partial charge in [0.05, 0.1) is 22.9 Å². The summed E-state index contributed by atoms with van der Waals surface area (Å²) in [5.41, 5.74) is 0.176. The number of nitrogens with zero attached hydrogens (tertiary/aromatic N) is 5. The molecule has 12 heteroatoms. The number of fused-ring (bicyclic) bond motifs is 5. The van der Waals surface area contributed by atoms with Gasteiger partial charge in [0.1, 0.15) is 41.4 Å².